The molecule has 16 aromatic carbocycles. The van der Waals surface area contributed by atoms with Gasteiger partial charge in [0.15, 0.2) is 11.0 Å². The summed E-state index contributed by atoms with van der Waals surface area (Å²) in [6, 6.07) is 130. The zero-order valence-electron chi connectivity index (χ0n) is 59.7. The van der Waals surface area contributed by atoms with Crippen molar-refractivity contribution in [1.82, 2.24) is 33.6 Å². The Morgan fingerprint density at radius 3 is 1.23 bits per heavy atom. The molecule has 111 heavy (non-hydrogen) atoms. The molecular formula is C101H62ClN7S2. The molecule has 1 aliphatic rings. The molecule has 0 saturated carbocycles. The fourth-order valence-electron chi connectivity index (χ4n) is 16.9. The molecule has 0 radical (unpaired) electrons. The van der Waals surface area contributed by atoms with Gasteiger partial charge >= 0.3 is 0 Å². The van der Waals surface area contributed by atoms with Gasteiger partial charge in [-0.05, 0) is 170 Å². The zero-order valence-corrected chi connectivity index (χ0v) is 62.1. The third kappa shape index (κ3) is 10.9. The van der Waals surface area contributed by atoms with E-state index in [0.29, 0.717) is 5.15 Å². The number of hydrogen-bond acceptors (Lipinski definition) is 6. The third-order valence-corrected chi connectivity index (χ3v) is 24.5. The first-order chi connectivity index (χ1) is 54.9. The van der Waals surface area contributed by atoms with Crippen LogP contribution in [0.5, 0.6) is 0 Å². The number of rotatable bonds is 7. The summed E-state index contributed by atoms with van der Waals surface area (Å²) in [6.45, 7) is 0. The summed E-state index contributed by atoms with van der Waals surface area (Å²) in [5.74, 6) is 0.832. The van der Waals surface area contributed by atoms with Crippen LogP contribution in [-0.2, 0) is 6.42 Å². The Kier molecular flexibility index (Phi) is 15.3. The van der Waals surface area contributed by atoms with Crippen LogP contribution in [0, 0.1) is 0 Å². The number of halogens is 1. The summed E-state index contributed by atoms with van der Waals surface area (Å²) in [7, 11) is 0. The maximum absolute atomic E-state index is 6.66. The van der Waals surface area contributed by atoms with E-state index in [0.717, 1.165) is 116 Å². The third-order valence-electron chi connectivity index (χ3n) is 22.1. The fraction of sp³-hybridized carbons (Fsp3) is 0.00990. The van der Waals surface area contributed by atoms with Gasteiger partial charge in [0.2, 0.25) is 0 Å². The second-order valence-corrected chi connectivity index (χ2v) is 30.9. The monoisotopic (exact) mass is 1470 g/mol. The zero-order chi connectivity index (χ0) is 73.2. The Balaban J connectivity index is 0.000000117. The largest absolute Gasteiger partial charge is 0.309 e. The van der Waals surface area contributed by atoms with E-state index in [4.69, 9.17) is 31.5 Å². The summed E-state index contributed by atoms with van der Waals surface area (Å²) in [5, 5.41) is 15.1. The molecule has 0 unspecified atom stereocenters. The van der Waals surface area contributed by atoms with E-state index in [9.17, 15) is 0 Å². The first kappa shape index (κ1) is 64.5. The molecular weight excluding hydrogens is 1410 g/mol. The smallest absolute Gasteiger partial charge is 0.165 e. The summed E-state index contributed by atoms with van der Waals surface area (Å²) < 4.78 is 9.38. The van der Waals surface area contributed by atoms with Crippen molar-refractivity contribution in [1.29, 1.82) is 0 Å². The number of benzene rings is 16. The van der Waals surface area contributed by atoms with Gasteiger partial charge in [-0.15, -0.1) is 22.7 Å². The first-order valence-electron chi connectivity index (χ1n) is 37.4. The number of fused-ring (bicyclic) bond motifs is 20. The molecule has 0 amide bonds. The van der Waals surface area contributed by atoms with Crippen LogP contribution in [0.1, 0.15) is 11.1 Å². The van der Waals surface area contributed by atoms with Crippen LogP contribution in [0.2, 0.25) is 5.15 Å². The van der Waals surface area contributed by atoms with Gasteiger partial charge < -0.3 is 9.13 Å². The van der Waals surface area contributed by atoms with Crippen molar-refractivity contribution in [3.05, 3.63) is 380 Å². The van der Waals surface area contributed by atoms with Gasteiger partial charge in [0.25, 0.3) is 0 Å². The maximum atomic E-state index is 6.66. The van der Waals surface area contributed by atoms with Gasteiger partial charge in [0, 0.05) is 75.0 Å². The molecule has 0 N–H and O–H groups in total. The lowest BCUT2D eigenvalue weighted by molar-refractivity contribution is 1.09. The van der Waals surface area contributed by atoms with E-state index in [1.165, 1.54) is 103 Å². The van der Waals surface area contributed by atoms with E-state index in [1.807, 2.05) is 30.3 Å². The first-order valence-corrected chi connectivity index (χ1v) is 39.4. The molecule has 10 heteroatoms. The molecule has 0 aliphatic heterocycles. The highest BCUT2D eigenvalue weighted by Gasteiger charge is 2.25. The minimum atomic E-state index is 0.424. The summed E-state index contributed by atoms with van der Waals surface area (Å²) in [6.07, 6.45) is 1.08. The SMILES string of the molecule is Clc1nc2c(nc1-c1ccccc1)sc1ccc(-c3ccc4c5ccccc5n(-c5ccccc5)c4c3)cc12.c1ccc(-c2nc3sc4ccc(-c5ccc6c7ccccc7n(-c7ccccc7)c6c5)cc4c3nc2-n2c3ccccc3c3cc4ccccc4cc32)cc1.c1ccc2c(c1)Cc1cc3ccccc3cc1-2. The Morgan fingerprint density at radius 2 is 0.658 bits per heavy atom. The standard InChI is InChI=1S/C50H30N4S.C34H20ClN3S.C17H12/c1-3-13-31(14-4-1)47-49(54-43-22-12-10-20-38(43)40-27-32-15-7-8-16-33(32)29-45(40)54)51-48-41-28-34(24-26-46(41)55-50(48)52-47)35-23-25-39-37-19-9-11-21-42(37)53(44(39)30-35)36-17-5-2-6-18-36;35-33-31(21-9-3-1-4-10-21)37-34-32(36-33)27-19-22(16-18-30(27)39-34)23-15-17-26-25-13-7-8-14-28(25)38(29(26)20-23)24-11-5-2-6-12-24;1-2-6-13-11-17-15(9-12(13)5-1)10-14-7-3-4-8-16(14)17/h1-30H;1-20H;1-9,11H,10H2. The Bertz CT molecular complexity index is 7690. The molecule has 0 atom stereocenters. The number of para-hydroxylation sites is 5. The van der Waals surface area contributed by atoms with Gasteiger partial charge in [-0.3, -0.25) is 4.57 Å². The van der Waals surface area contributed by atoms with Crippen LogP contribution in [-0.4, -0.2) is 33.6 Å². The summed E-state index contributed by atoms with van der Waals surface area (Å²) in [5.41, 5.74) is 25.0. The van der Waals surface area contributed by atoms with Crippen molar-refractivity contribution < 1.29 is 0 Å². The predicted molar refractivity (Wildman–Crippen MR) is 469 cm³/mol. The molecule has 24 rings (SSSR count). The number of nitrogens with zero attached hydrogens (tertiary/aromatic N) is 7. The van der Waals surface area contributed by atoms with Crippen molar-refractivity contribution in [3.63, 3.8) is 0 Å². The van der Waals surface area contributed by atoms with Crippen LogP contribution in [0.15, 0.2) is 364 Å². The van der Waals surface area contributed by atoms with Gasteiger partial charge in [0.05, 0.1) is 33.1 Å². The van der Waals surface area contributed by atoms with E-state index in [2.05, 4.69) is 347 Å². The van der Waals surface area contributed by atoms with Crippen molar-refractivity contribution in [2.75, 3.05) is 0 Å². The summed E-state index contributed by atoms with van der Waals surface area (Å²) >= 11 is 10.0. The van der Waals surface area contributed by atoms with E-state index in [-0.39, 0.29) is 0 Å². The van der Waals surface area contributed by atoms with Crippen molar-refractivity contribution in [3.8, 4) is 73.1 Å². The van der Waals surface area contributed by atoms with Crippen LogP contribution < -0.4 is 0 Å². The molecule has 0 spiro atoms. The minimum absolute atomic E-state index is 0.424. The molecule has 23 aromatic rings. The van der Waals surface area contributed by atoms with Gasteiger partial charge in [0.1, 0.15) is 32.1 Å². The molecule has 7 aromatic heterocycles. The fourth-order valence-corrected chi connectivity index (χ4v) is 19.2. The second-order valence-electron chi connectivity index (χ2n) is 28.5. The molecule has 1 aliphatic carbocycles. The lowest BCUT2D eigenvalue weighted by Gasteiger charge is -2.13. The van der Waals surface area contributed by atoms with Crippen molar-refractivity contribution in [2.45, 2.75) is 6.42 Å². The lowest BCUT2D eigenvalue weighted by atomic mass is 10.0. The van der Waals surface area contributed by atoms with Crippen molar-refractivity contribution >= 4 is 162 Å². The highest BCUT2D eigenvalue weighted by Crippen LogP contribution is 2.45. The molecule has 520 valence electrons. The topological polar surface area (TPSA) is 66.3 Å². The highest BCUT2D eigenvalue weighted by atomic mass is 35.5. The molecule has 0 fully saturated rings. The number of thiophene rings is 2. The quantitative estimate of drug-likeness (QED) is 0.159. The van der Waals surface area contributed by atoms with Crippen LogP contribution in [0.3, 0.4) is 0 Å². The van der Waals surface area contributed by atoms with E-state index in [1.54, 1.807) is 22.7 Å². The number of hydrogen-bond donors (Lipinski definition) is 0. The average molecular weight is 1470 g/mol. The number of aromatic nitrogens is 7. The molecule has 0 bridgehead atoms. The molecule has 0 saturated heterocycles. The van der Waals surface area contributed by atoms with Crippen LogP contribution >= 0.6 is 34.3 Å². The molecule has 7 nitrogen and oxygen atoms in total. The van der Waals surface area contributed by atoms with E-state index < -0.39 is 0 Å². The average Bonchev–Trinajstić information content (AvgIpc) is 1.57. The second kappa shape index (κ2) is 26.3. The lowest BCUT2D eigenvalue weighted by Crippen LogP contribution is -2.03. The van der Waals surface area contributed by atoms with Gasteiger partial charge in [-0.25, -0.2) is 19.9 Å². The van der Waals surface area contributed by atoms with Crippen molar-refractivity contribution in [2.24, 2.45) is 0 Å². The van der Waals surface area contributed by atoms with Gasteiger partial charge in [-0.2, -0.15) is 0 Å². The van der Waals surface area contributed by atoms with E-state index >= 15 is 0 Å². The Morgan fingerprint density at radius 1 is 0.252 bits per heavy atom. The molecule has 7 heterocycles. The van der Waals surface area contributed by atoms with Crippen LogP contribution in [0.4, 0.5) is 0 Å². The Hall–Kier alpha value is -13.7. The minimum Gasteiger partial charge on any atom is -0.309 e. The normalized spacial score (nSPS) is 12.0. The van der Waals surface area contributed by atoms with Gasteiger partial charge in [-0.1, -0.05) is 279 Å². The Labute approximate surface area is 650 Å². The predicted octanol–water partition coefficient (Wildman–Crippen LogP) is 27.9. The maximum Gasteiger partial charge on any atom is 0.165 e. The summed E-state index contributed by atoms with van der Waals surface area (Å²) in [4.78, 5) is 22.7. The highest BCUT2D eigenvalue weighted by molar-refractivity contribution is 7.25. The van der Waals surface area contributed by atoms with Crippen LogP contribution in [0.25, 0.3) is 201 Å².